The molecule has 1 aromatic carbocycles. The highest BCUT2D eigenvalue weighted by atomic mass is 35.5. The van der Waals surface area contributed by atoms with Crippen molar-refractivity contribution in [3.63, 3.8) is 0 Å². The molecule has 0 atom stereocenters. The first kappa shape index (κ1) is 10.6. The standard InChI is InChI=1S/C12H8ClNO2/c13-11-3-1-8(2-4-11)9-5-10(7-15)12(16)14-6-9/h1-7H,(H,14,16). The van der Waals surface area contributed by atoms with Crippen molar-refractivity contribution in [2.75, 3.05) is 0 Å². The predicted octanol–water partition coefficient (Wildman–Crippen LogP) is 2.51. The topological polar surface area (TPSA) is 49.9 Å². The second kappa shape index (κ2) is 4.33. The maximum absolute atomic E-state index is 11.2. The van der Waals surface area contributed by atoms with Gasteiger partial charge in [-0.3, -0.25) is 9.59 Å². The summed E-state index contributed by atoms with van der Waals surface area (Å²) in [5.74, 6) is 0. The summed E-state index contributed by atoms with van der Waals surface area (Å²) in [6.45, 7) is 0. The highest BCUT2D eigenvalue weighted by molar-refractivity contribution is 6.30. The predicted molar refractivity (Wildman–Crippen MR) is 62.9 cm³/mol. The average molecular weight is 234 g/mol. The molecule has 16 heavy (non-hydrogen) atoms. The van der Waals surface area contributed by atoms with Gasteiger partial charge in [-0.05, 0) is 29.3 Å². The molecule has 80 valence electrons. The molecule has 3 nitrogen and oxygen atoms in total. The third-order valence-electron chi connectivity index (χ3n) is 2.24. The Labute approximate surface area is 96.7 Å². The average Bonchev–Trinajstić information content (AvgIpc) is 2.31. The lowest BCUT2D eigenvalue weighted by atomic mass is 10.1. The molecule has 4 heteroatoms. The first-order chi connectivity index (χ1) is 7.70. The molecular formula is C12H8ClNO2. The zero-order valence-corrected chi connectivity index (χ0v) is 8.99. The first-order valence-electron chi connectivity index (χ1n) is 4.64. The molecule has 0 radical (unpaired) electrons. The van der Waals surface area contributed by atoms with Crippen molar-refractivity contribution in [2.24, 2.45) is 0 Å². The highest BCUT2D eigenvalue weighted by Crippen LogP contribution is 2.20. The van der Waals surface area contributed by atoms with Crippen LogP contribution in [0.3, 0.4) is 0 Å². The van der Waals surface area contributed by atoms with Crippen molar-refractivity contribution >= 4 is 17.9 Å². The molecule has 1 aromatic heterocycles. The summed E-state index contributed by atoms with van der Waals surface area (Å²) in [7, 11) is 0. The van der Waals surface area contributed by atoms with Gasteiger partial charge in [-0.1, -0.05) is 23.7 Å². The van der Waals surface area contributed by atoms with Crippen LogP contribution in [0.5, 0.6) is 0 Å². The third kappa shape index (κ3) is 2.04. The van der Waals surface area contributed by atoms with Crippen LogP contribution in [0, 0.1) is 0 Å². The van der Waals surface area contributed by atoms with Gasteiger partial charge in [0, 0.05) is 11.2 Å². The minimum atomic E-state index is -0.382. The van der Waals surface area contributed by atoms with E-state index in [0.717, 1.165) is 11.1 Å². The molecule has 0 fully saturated rings. The molecule has 1 heterocycles. The lowest BCUT2D eigenvalue weighted by Crippen LogP contribution is -2.10. The number of carbonyl (C=O) groups is 1. The molecule has 0 amide bonds. The lowest BCUT2D eigenvalue weighted by molar-refractivity contribution is 0.112. The molecule has 0 aliphatic heterocycles. The van der Waals surface area contributed by atoms with Crippen LogP contribution in [0.2, 0.25) is 5.02 Å². The normalized spacial score (nSPS) is 10.1. The van der Waals surface area contributed by atoms with Crippen LogP contribution >= 0.6 is 11.6 Å². The summed E-state index contributed by atoms with van der Waals surface area (Å²) in [5.41, 5.74) is 1.40. The van der Waals surface area contributed by atoms with Gasteiger partial charge in [0.1, 0.15) is 0 Å². The van der Waals surface area contributed by atoms with Gasteiger partial charge in [0.15, 0.2) is 6.29 Å². The van der Waals surface area contributed by atoms with Crippen LogP contribution in [0.1, 0.15) is 10.4 Å². The SMILES string of the molecule is O=Cc1cc(-c2ccc(Cl)cc2)c[nH]c1=O. The molecule has 0 saturated carbocycles. The number of aromatic amines is 1. The van der Waals surface area contributed by atoms with Crippen LogP contribution in [0.4, 0.5) is 0 Å². The summed E-state index contributed by atoms with van der Waals surface area (Å²) in [6, 6.07) is 8.70. The highest BCUT2D eigenvalue weighted by Gasteiger charge is 2.02. The summed E-state index contributed by atoms with van der Waals surface area (Å²) in [4.78, 5) is 24.3. The Hall–Kier alpha value is -1.87. The second-order valence-electron chi connectivity index (χ2n) is 3.30. The minimum absolute atomic E-state index is 0.118. The molecule has 0 bridgehead atoms. The van der Waals surface area contributed by atoms with E-state index in [1.54, 1.807) is 24.4 Å². The minimum Gasteiger partial charge on any atom is -0.328 e. The number of carbonyl (C=O) groups excluding carboxylic acids is 1. The van der Waals surface area contributed by atoms with Gasteiger partial charge < -0.3 is 4.98 Å². The van der Waals surface area contributed by atoms with Gasteiger partial charge in [0.25, 0.3) is 5.56 Å². The number of aromatic nitrogens is 1. The summed E-state index contributed by atoms with van der Waals surface area (Å²) < 4.78 is 0. The maximum atomic E-state index is 11.2. The number of rotatable bonds is 2. The third-order valence-corrected chi connectivity index (χ3v) is 2.49. The molecule has 2 aromatic rings. The molecular weight excluding hydrogens is 226 g/mol. The van der Waals surface area contributed by atoms with Gasteiger partial charge in [0.05, 0.1) is 5.56 Å². The van der Waals surface area contributed by atoms with E-state index in [2.05, 4.69) is 4.98 Å². The van der Waals surface area contributed by atoms with Crippen molar-refractivity contribution in [3.8, 4) is 11.1 Å². The van der Waals surface area contributed by atoms with Crippen molar-refractivity contribution < 1.29 is 4.79 Å². The van der Waals surface area contributed by atoms with Crippen molar-refractivity contribution in [1.82, 2.24) is 4.98 Å². The quantitative estimate of drug-likeness (QED) is 0.811. The lowest BCUT2D eigenvalue weighted by Gasteiger charge is -2.01. The van der Waals surface area contributed by atoms with E-state index in [0.29, 0.717) is 11.3 Å². The molecule has 0 aliphatic rings. The van der Waals surface area contributed by atoms with E-state index in [1.165, 1.54) is 0 Å². The van der Waals surface area contributed by atoms with Crippen LogP contribution in [-0.2, 0) is 0 Å². The zero-order chi connectivity index (χ0) is 11.5. The number of benzene rings is 1. The number of pyridine rings is 1. The molecule has 0 unspecified atom stereocenters. The second-order valence-corrected chi connectivity index (χ2v) is 3.73. The fourth-order valence-corrected chi connectivity index (χ4v) is 1.52. The summed E-state index contributed by atoms with van der Waals surface area (Å²) in [5, 5.41) is 0.642. The van der Waals surface area contributed by atoms with E-state index in [1.807, 2.05) is 12.1 Å². The summed E-state index contributed by atoms with van der Waals surface area (Å²) >= 11 is 5.77. The van der Waals surface area contributed by atoms with Gasteiger partial charge >= 0.3 is 0 Å². The van der Waals surface area contributed by atoms with Crippen LogP contribution in [-0.4, -0.2) is 11.3 Å². The number of hydrogen-bond acceptors (Lipinski definition) is 2. The largest absolute Gasteiger partial charge is 0.328 e. The van der Waals surface area contributed by atoms with Crippen LogP contribution < -0.4 is 5.56 Å². The Morgan fingerprint density at radius 1 is 1.12 bits per heavy atom. The van der Waals surface area contributed by atoms with E-state index in [-0.39, 0.29) is 11.1 Å². The Morgan fingerprint density at radius 3 is 2.44 bits per heavy atom. The van der Waals surface area contributed by atoms with Gasteiger partial charge in [-0.25, -0.2) is 0 Å². The number of halogens is 1. The van der Waals surface area contributed by atoms with Crippen LogP contribution in [0.25, 0.3) is 11.1 Å². The number of aldehydes is 1. The monoisotopic (exact) mass is 233 g/mol. The van der Waals surface area contributed by atoms with Gasteiger partial charge in [-0.15, -0.1) is 0 Å². The molecule has 1 N–H and O–H groups in total. The Kier molecular flexibility index (Phi) is 2.88. The van der Waals surface area contributed by atoms with Gasteiger partial charge in [-0.2, -0.15) is 0 Å². The Bertz CT molecular complexity index is 572. The van der Waals surface area contributed by atoms with E-state index in [9.17, 15) is 9.59 Å². The maximum Gasteiger partial charge on any atom is 0.258 e. The fourth-order valence-electron chi connectivity index (χ4n) is 1.40. The van der Waals surface area contributed by atoms with Gasteiger partial charge in [0.2, 0.25) is 0 Å². The van der Waals surface area contributed by atoms with E-state index < -0.39 is 0 Å². The Morgan fingerprint density at radius 2 is 1.81 bits per heavy atom. The van der Waals surface area contributed by atoms with Crippen molar-refractivity contribution in [2.45, 2.75) is 0 Å². The molecule has 0 aliphatic carbocycles. The van der Waals surface area contributed by atoms with Crippen molar-refractivity contribution in [3.05, 3.63) is 57.5 Å². The Balaban J connectivity index is 2.52. The number of H-pyrrole nitrogens is 1. The van der Waals surface area contributed by atoms with Crippen LogP contribution in [0.15, 0.2) is 41.3 Å². The smallest absolute Gasteiger partial charge is 0.258 e. The van der Waals surface area contributed by atoms with Crippen molar-refractivity contribution in [1.29, 1.82) is 0 Å². The molecule has 2 rings (SSSR count). The fraction of sp³-hybridized carbons (Fsp3) is 0. The van der Waals surface area contributed by atoms with E-state index in [4.69, 9.17) is 11.6 Å². The molecule has 0 spiro atoms. The summed E-state index contributed by atoms with van der Waals surface area (Å²) in [6.07, 6.45) is 2.11. The first-order valence-corrected chi connectivity index (χ1v) is 5.02. The zero-order valence-electron chi connectivity index (χ0n) is 8.24. The molecule has 0 saturated heterocycles. The van der Waals surface area contributed by atoms with E-state index >= 15 is 0 Å². The number of hydrogen-bond donors (Lipinski definition) is 1. The number of nitrogens with one attached hydrogen (secondary N) is 1.